The minimum atomic E-state index is -0.451. The van der Waals surface area contributed by atoms with Gasteiger partial charge in [0.15, 0.2) is 17.3 Å². The number of halogens is 1. The molecule has 0 aliphatic carbocycles. The number of ether oxygens (including phenoxy) is 5. The number of ketones is 3. The second kappa shape index (κ2) is 59.1. The van der Waals surface area contributed by atoms with E-state index in [1.165, 1.54) is 17.8 Å². The molecule has 5 N–H and O–H groups in total. The SMILES string of the molecule is CN(C)c1ccc(C(=O)c2ccc(O)cc2)cc1.CN(C)c1ccccc1.COc1ccc(C(=O)Cl)cc1.COc1ccc(C(=O)Nc2ccccc2)cc1.COc1ccc(C(=O)Nc2ccccc2)cc1.COc1ccc(C(=O)c2ccc(N(C)C)cc2)cc1.COc1ccc(C(=O)c2ccc(N(C)C)cc2)cc1.Nc1ccccc1.O=CO[O-].[H-].[K+].[K+]. The number of nitrogens with one attached hydrogen (secondary N) is 2. The van der Waals surface area contributed by atoms with Crippen molar-refractivity contribution in [3.63, 3.8) is 0 Å². The molecular weight excluding hydrogens is 1630 g/mol. The number of nitrogens with zero attached hydrogens (tertiary/aromatic N) is 4. The predicted molar refractivity (Wildman–Crippen MR) is 485 cm³/mol. The maximum atomic E-state index is 12.3. The van der Waals surface area contributed by atoms with Crippen molar-refractivity contribution in [3.05, 3.63) is 390 Å². The number of anilines is 7. The Morgan fingerprint density at radius 2 is 0.512 bits per heavy atom. The third kappa shape index (κ3) is 39.3. The third-order valence-corrected chi connectivity index (χ3v) is 17.2. The van der Waals surface area contributed by atoms with Crippen molar-refractivity contribution >= 4 is 92.3 Å². The Labute approximate surface area is 812 Å². The van der Waals surface area contributed by atoms with Crippen LogP contribution < -0.4 is 168 Å². The molecule has 0 saturated carbocycles. The molecule has 25 heteroatoms. The molecule has 2 amide bonds. The van der Waals surface area contributed by atoms with E-state index >= 15 is 0 Å². The largest absolute Gasteiger partial charge is 1.00 e. The summed E-state index contributed by atoms with van der Waals surface area (Å²) in [6.07, 6.45) is 0. The smallest absolute Gasteiger partial charge is 1.00 e. The molecule has 0 spiro atoms. The van der Waals surface area contributed by atoms with Gasteiger partial charge in [-0.05, 0) is 279 Å². The molecule has 22 nitrogen and oxygen atoms in total. The first kappa shape index (κ1) is 105. The van der Waals surface area contributed by atoms with Gasteiger partial charge in [0.25, 0.3) is 23.5 Å². The van der Waals surface area contributed by atoms with Gasteiger partial charge < -0.3 is 76.3 Å². The Balaban J connectivity index is 0.000000482. The molecule has 0 fully saturated rings. The predicted octanol–water partition coefficient (Wildman–Crippen LogP) is 12.2. The van der Waals surface area contributed by atoms with E-state index in [2.05, 4.69) is 32.6 Å². The zero-order chi connectivity index (χ0) is 88.4. The average Bonchev–Trinajstić information content (AvgIpc) is 0.859. The summed E-state index contributed by atoms with van der Waals surface area (Å²) in [4.78, 5) is 90.3. The summed E-state index contributed by atoms with van der Waals surface area (Å²) >= 11 is 5.22. The van der Waals surface area contributed by atoms with Gasteiger partial charge >= 0.3 is 103 Å². The normalized spacial score (nSPS) is 9.42. The topological polar surface area (TPSA) is 281 Å². The van der Waals surface area contributed by atoms with Crippen LogP contribution in [0, 0.1) is 0 Å². The molecule has 628 valence electrons. The number of aromatic hydroxyl groups is 1. The molecule has 123 heavy (non-hydrogen) atoms. The number of nitrogen functional groups attached to an aromatic ring is 1. The van der Waals surface area contributed by atoms with E-state index in [0.29, 0.717) is 55.8 Å². The zero-order valence-electron chi connectivity index (χ0n) is 72.8. The summed E-state index contributed by atoms with van der Waals surface area (Å²) in [7, 11) is 23.8. The molecule has 0 unspecified atom stereocenters. The van der Waals surface area contributed by atoms with Crippen LogP contribution in [0.4, 0.5) is 39.8 Å². The van der Waals surface area contributed by atoms with Crippen molar-refractivity contribution in [2.75, 3.05) is 128 Å². The second-order valence-corrected chi connectivity index (χ2v) is 26.6. The number of amides is 2. The number of phenolic OH excluding ortho intramolecular Hbond substituents is 1. The van der Waals surface area contributed by atoms with Crippen LogP contribution in [0.5, 0.6) is 34.5 Å². The van der Waals surface area contributed by atoms with E-state index in [0.717, 1.165) is 57.1 Å². The van der Waals surface area contributed by atoms with Gasteiger partial charge in [0.05, 0.1) is 35.5 Å². The Hall–Kier alpha value is -11.7. The number of phenols is 1. The van der Waals surface area contributed by atoms with Crippen molar-refractivity contribution < 1.29 is 177 Å². The summed E-state index contributed by atoms with van der Waals surface area (Å²) in [5.74, 6) is 3.60. The van der Waals surface area contributed by atoms with Crippen molar-refractivity contribution in [2.45, 2.75) is 0 Å². The Morgan fingerprint density at radius 3 is 0.707 bits per heavy atom. The van der Waals surface area contributed by atoms with Crippen LogP contribution in [0.2, 0.25) is 0 Å². The number of hydrogen-bond donors (Lipinski definition) is 4. The molecule has 13 rings (SSSR count). The number of nitrogens with two attached hydrogens (primary N) is 1. The van der Waals surface area contributed by atoms with E-state index in [1.54, 1.807) is 169 Å². The quantitative estimate of drug-likeness (QED) is 0.00989. The van der Waals surface area contributed by atoms with Gasteiger partial charge in [0, 0.05) is 146 Å². The monoisotopic (exact) mass is 1730 g/mol. The van der Waals surface area contributed by atoms with E-state index in [9.17, 15) is 33.9 Å². The Bertz CT molecular complexity index is 5000. The maximum Gasteiger partial charge on any atom is 1.00 e. The van der Waals surface area contributed by atoms with E-state index in [4.69, 9.17) is 51.1 Å². The molecule has 0 aliphatic heterocycles. The van der Waals surface area contributed by atoms with Crippen molar-refractivity contribution in [1.29, 1.82) is 0 Å². The molecule has 0 radical (unpaired) electrons. The minimum Gasteiger partial charge on any atom is -1.00 e. The molecule has 0 aliphatic rings. The fraction of sp³-hybridized carbons (Fsp3) is 0.133. The van der Waals surface area contributed by atoms with Crippen molar-refractivity contribution in [3.8, 4) is 34.5 Å². The first-order chi connectivity index (χ1) is 58.2. The second-order valence-electron chi connectivity index (χ2n) is 26.2. The van der Waals surface area contributed by atoms with Gasteiger partial charge in [0.1, 0.15) is 34.5 Å². The van der Waals surface area contributed by atoms with Gasteiger partial charge in [-0.25, -0.2) is 0 Å². The van der Waals surface area contributed by atoms with Crippen LogP contribution in [-0.4, -0.2) is 138 Å². The summed E-state index contributed by atoms with van der Waals surface area (Å²) < 4.78 is 25.1. The van der Waals surface area contributed by atoms with Crippen LogP contribution in [-0.2, 0) is 9.68 Å². The van der Waals surface area contributed by atoms with E-state index < -0.39 is 5.24 Å². The first-order valence-corrected chi connectivity index (χ1v) is 37.8. The summed E-state index contributed by atoms with van der Waals surface area (Å²) in [6.45, 7) is -0.181. The maximum absolute atomic E-state index is 12.3. The zero-order valence-corrected chi connectivity index (χ0v) is 78.8. The molecule has 0 atom stereocenters. The van der Waals surface area contributed by atoms with Crippen LogP contribution in [0.15, 0.2) is 340 Å². The van der Waals surface area contributed by atoms with E-state index in [-0.39, 0.29) is 146 Å². The Morgan fingerprint density at radius 1 is 0.317 bits per heavy atom. The number of carbonyl (C=O) groups is 7. The van der Waals surface area contributed by atoms with Crippen LogP contribution >= 0.6 is 11.6 Å². The van der Waals surface area contributed by atoms with Gasteiger partial charge in [-0.1, -0.05) is 72.8 Å². The van der Waals surface area contributed by atoms with Gasteiger partial charge in [-0.15, -0.1) is 0 Å². The van der Waals surface area contributed by atoms with Gasteiger partial charge in [-0.3, -0.25) is 33.6 Å². The van der Waals surface area contributed by atoms with Gasteiger partial charge in [0.2, 0.25) is 0 Å². The molecule has 0 bridgehead atoms. The fourth-order valence-electron chi connectivity index (χ4n) is 10.2. The fourth-order valence-corrected chi connectivity index (χ4v) is 10.3. The molecule has 0 saturated heterocycles. The third-order valence-electron chi connectivity index (χ3n) is 17.0. The minimum absolute atomic E-state index is 0. The number of carbonyl (C=O) groups excluding carboxylic acids is 7. The number of rotatable bonds is 21. The molecule has 13 aromatic rings. The molecule has 0 heterocycles. The number of methoxy groups -OCH3 is 5. The van der Waals surface area contributed by atoms with Crippen LogP contribution in [0.3, 0.4) is 0 Å². The Kier molecular flexibility index (Phi) is 50.7. The van der Waals surface area contributed by atoms with Crippen molar-refractivity contribution in [2.24, 2.45) is 0 Å². The average molecular weight is 1730 g/mol. The summed E-state index contributed by atoms with van der Waals surface area (Å²) in [5, 5.41) is 22.8. The number of para-hydroxylation sites is 4. The standard InChI is InChI=1S/2C16H17NO2.C15H15NO2.2C14H13NO2.C8H7ClO2.C8H11N.C6H7N.CH2O3.2K.H/c2*1-17(2)14-8-4-12(5-9-14)16(18)13-6-10-15(19-3)11-7-13;1-16(2)13-7-3-11(4-8-13)15(18)12-5-9-14(17)10-6-12;2*1-17-13-9-7-11(8-10-13)14(16)15-12-5-3-2-4-6-12;1-11-7-4-2-6(3-5-7)8(9)10;1-9(2)8-6-4-3-5-7-8;7-6-4-2-1-3-5-6;2-1-4-3;;;/h2*4-11H,1-3H3;3-10,17H,1-2H3;2*2-10H,1H3,(H,15,16);2-5H,1H3;3-7H,1-2H3;1-5H,7H2;1,3H;;;/q;;;;;;;;;2*+1;-1/p-1. The molecule has 0 aromatic heterocycles. The van der Waals surface area contributed by atoms with E-state index in [1.807, 2.05) is 253 Å². The first-order valence-electron chi connectivity index (χ1n) is 37.4. The van der Waals surface area contributed by atoms with Crippen molar-refractivity contribution in [1.82, 2.24) is 0 Å². The number of hydrogen-bond acceptors (Lipinski definition) is 20. The molecular formula is C98H102ClK2N7O15. The molecule has 13 aromatic carbocycles. The summed E-state index contributed by atoms with van der Waals surface area (Å²) in [5.41, 5.74) is 17.8. The number of benzene rings is 13. The summed E-state index contributed by atoms with van der Waals surface area (Å²) in [6, 6.07) is 102. The van der Waals surface area contributed by atoms with Crippen LogP contribution in [0.1, 0.15) is 80.3 Å². The van der Waals surface area contributed by atoms with Crippen LogP contribution in [0.25, 0.3) is 0 Å². The van der Waals surface area contributed by atoms with Gasteiger partial charge in [-0.2, -0.15) is 0 Å².